The van der Waals surface area contributed by atoms with Crippen molar-refractivity contribution in [1.82, 2.24) is 0 Å². The van der Waals surface area contributed by atoms with Crippen LogP contribution in [0.1, 0.15) is 31.8 Å². The number of carboxylic acid groups (broad SMARTS) is 2. The second kappa shape index (κ2) is 7.92. The van der Waals surface area contributed by atoms with Gasteiger partial charge >= 0.3 is 11.9 Å². The molecule has 0 aliphatic rings. The van der Waals surface area contributed by atoms with E-state index in [1.165, 1.54) is 12.1 Å². The second-order valence-electron chi connectivity index (χ2n) is 5.08. The van der Waals surface area contributed by atoms with E-state index in [9.17, 15) is 14.7 Å². The summed E-state index contributed by atoms with van der Waals surface area (Å²) in [6, 6.07) is 9.34. The number of thiol groups is 1. The van der Waals surface area contributed by atoms with Gasteiger partial charge in [-0.3, -0.25) is 0 Å². The molecule has 2 aromatic carbocycles. The Morgan fingerprint density at radius 2 is 1.83 bits per heavy atom. The van der Waals surface area contributed by atoms with Gasteiger partial charge in [-0.15, -0.1) is 0 Å². The Morgan fingerprint density at radius 3 is 2.42 bits per heavy atom. The van der Waals surface area contributed by atoms with Gasteiger partial charge in [0.1, 0.15) is 25.8 Å². The van der Waals surface area contributed by atoms with Crippen molar-refractivity contribution in [3.05, 3.63) is 58.7 Å². The molecular formula is C17H15BO5S. The Balaban J connectivity index is 2.25. The topological polar surface area (TPSA) is 83.8 Å². The predicted octanol–water partition coefficient (Wildman–Crippen LogP) is 1.93. The van der Waals surface area contributed by atoms with Gasteiger partial charge in [0.25, 0.3) is 0 Å². The molecule has 0 unspecified atom stereocenters. The third kappa shape index (κ3) is 4.11. The first-order chi connectivity index (χ1) is 11.4. The maximum Gasteiger partial charge on any atom is 0.339 e. The van der Waals surface area contributed by atoms with Gasteiger partial charge in [0, 0.05) is 0 Å². The fraction of sp³-hybridized carbons (Fsp3) is 0.176. The molecule has 0 heterocycles. The number of hydrogen-bond donors (Lipinski definition) is 3. The van der Waals surface area contributed by atoms with Crippen LogP contribution in [0.5, 0.6) is 5.75 Å². The van der Waals surface area contributed by atoms with Gasteiger partial charge in [-0.25, -0.2) is 9.59 Å². The summed E-state index contributed by atoms with van der Waals surface area (Å²) in [4.78, 5) is 22.4. The van der Waals surface area contributed by atoms with E-state index >= 15 is 0 Å². The molecule has 0 bridgehead atoms. The van der Waals surface area contributed by atoms with Crippen LogP contribution in [0.15, 0.2) is 36.4 Å². The van der Waals surface area contributed by atoms with Crippen molar-refractivity contribution in [2.24, 2.45) is 0 Å². The molecule has 5 nitrogen and oxygen atoms in total. The SMILES string of the molecule is [B]c1cc(C(=O)O)ccc1COc1cccc(CCS)c1C(=O)O. The molecule has 2 rings (SSSR count). The van der Waals surface area contributed by atoms with Crippen LogP contribution in [0.2, 0.25) is 0 Å². The molecule has 7 heteroatoms. The van der Waals surface area contributed by atoms with E-state index in [-0.39, 0.29) is 28.9 Å². The number of carboxylic acids is 2. The van der Waals surface area contributed by atoms with E-state index in [2.05, 4.69) is 12.6 Å². The van der Waals surface area contributed by atoms with Crippen molar-refractivity contribution < 1.29 is 24.5 Å². The number of rotatable bonds is 7. The Morgan fingerprint density at radius 1 is 1.08 bits per heavy atom. The van der Waals surface area contributed by atoms with E-state index in [1.54, 1.807) is 24.3 Å². The van der Waals surface area contributed by atoms with E-state index in [4.69, 9.17) is 17.7 Å². The lowest BCUT2D eigenvalue weighted by Gasteiger charge is -2.14. The van der Waals surface area contributed by atoms with Gasteiger partial charge in [-0.2, -0.15) is 12.6 Å². The van der Waals surface area contributed by atoms with Gasteiger partial charge in [-0.1, -0.05) is 29.7 Å². The molecule has 0 fully saturated rings. The maximum absolute atomic E-state index is 11.5. The molecular weight excluding hydrogens is 327 g/mol. The molecule has 2 radical (unpaired) electrons. The highest BCUT2D eigenvalue weighted by Crippen LogP contribution is 2.24. The highest BCUT2D eigenvalue weighted by atomic mass is 32.1. The summed E-state index contributed by atoms with van der Waals surface area (Å²) < 4.78 is 5.62. The van der Waals surface area contributed by atoms with Crippen LogP contribution in [0.4, 0.5) is 0 Å². The van der Waals surface area contributed by atoms with Gasteiger partial charge in [0.05, 0.1) is 5.56 Å². The summed E-state index contributed by atoms with van der Waals surface area (Å²) in [5.74, 6) is -1.38. The summed E-state index contributed by atoms with van der Waals surface area (Å²) in [6.07, 6.45) is 0.511. The van der Waals surface area contributed by atoms with Gasteiger partial charge in [0.2, 0.25) is 0 Å². The average Bonchev–Trinajstić information content (AvgIpc) is 2.53. The molecule has 2 N–H and O–H groups in total. The highest BCUT2D eigenvalue weighted by Gasteiger charge is 2.16. The van der Waals surface area contributed by atoms with Crippen molar-refractivity contribution in [2.45, 2.75) is 13.0 Å². The van der Waals surface area contributed by atoms with Crippen LogP contribution in [0.3, 0.4) is 0 Å². The lowest BCUT2D eigenvalue weighted by Crippen LogP contribution is -2.16. The second-order valence-corrected chi connectivity index (χ2v) is 5.52. The molecule has 2 aromatic rings. The number of benzene rings is 2. The zero-order valence-corrected chi connectivity index (χ0v) is 13.6. The number of carbonyl (C=O) groups is 2. The van der Waals surface area contributed by atoms with Crippen LogP contribution in [0, 0.1) is 0 Å². The van der Waals surface area contributed by atoms with E-state index in [0.717, 1.165) is 0 Å². The van der Waals surface area contributed by atoms with Crippen molar-refractivity contribution in [3.63, 3.8) is 0 Å². The molecule has 0 aliphatic carbocycles. The zero-order valence-electron chi connectivity index (χ0n) is 12.7. The summed E-state index contributed by atoms with van der Waals surface area (Å²) >= 11 is 4.13. The lowest BCUT2D eigenvalue weighted by atomic mass is 9.89. The Hall–Kier alpha value is -2.41. The fourth-order valence-electron chi connectivity index (χ4n) is 2.28. The Labute approximate surface area is 146 Å². The average molecular weight is 342 g/mol. The van der Waals surface area contributed by atoms with Crippen molar-refractivity contribution in [2.75, 3.05) is 5.75 Å². The predicted molar refractivity (Wildman–Crippen MR) is 94.1 cm³/mol. The van der Waals surface area contributed by atoms with Crippen molar-refractivity contribution in [1.29, 1.82) is 0 Å². The molecule has 0 aromatic heterocycles. The molecule has 0 amide bonds. The van der Waals surface area contributed by atoms with Gasteiger partial charge in [-0.05, 0) is 35.4 Å². The van der Waals surface area contributed by atoms with Crippen molar-refractivity contribution in [3.8, 4) is 5.75 Å². The summed E-state index contributed by atoms with van der Waals surface area (Å²) in [5, 5.41) is 18.4. The number of ether oxygens (including phenoxy) is 1. The lowest BCUT2D eigenvalue weighted by molar-refractivity contribution is 0.0681. The molecule has 122 valence electrons. The third-order valence-electron chi connectivity index (χ3n) is 3.48. The van der Waals surface area contributed by atoms with Crippen LogP contribution < -0.4 is 10.2 Å². The normalized spacial score (nSPS) is 10.4. The fourth-order valence-corrected chi connectivity index (χ4v) is 2.52. The molecule has 0 atom stereocenters. The first-order valence-corrected chi connectivity index (χ1v) is 7.77. The summed E-state index contributed by atoms with van der Waals surface area (Å²) in [7, 11) is 5.83. The van der Waals surface area contributed by atoms with E-state index in [0.29, 0.717) is 23.3 Å². The standard InChI is InChI=1S/C17H15BO5S/c18-13-8-11(16(19)20)4-5-12(13)9-23-14-3-1-2-10(6-7-24)15(14)17(21)22/h1-5,8,24H,6-7,9H2,(H,19,20)(H,21,22). The molecule has 0 aliphatic heterocycles. The number of hydrogen-bond acceptors (Lipinski definition) is 4. The zero-order chi connectivity index (χ0) is 17.7. The van der Waals surface area contributed by atoms with Crippen LogP contribution in [0.25, 0.3) is 0 Å². The van der Waals surface area contributed by atoms with E-state index in [1.807, 2.05) is 0 Å². The van der Waals surface area contributed by atoms with Crippen LogP contribution >= 0.6 is 12.6 Å². The largest absolute Gasteiger partial charge is 0.488 e. The minimum atomic E-state index is -1.07. The molecule has 0 saturated heterocycles. The van der Waals surface area contributed by atoms with Gasteiger partial charge in [0.15, 0.2) is 0 Å². The third-order valence-corrected chi connectivity index (χ3v) is 3.71. The molecule has 24 heavy (non-hydrogen) atoms. The minimum Gasteiger partial charge on any atom is -0.488 e. The Kier molecular flexibility index (Phi) is 5.92. The quantitative estimate of drug-likeness (QED) is 0.529. The molecule has 0 spiro atoms. The van der Waals surface area contributed by atoms with Crippen LogP contribution in [-0.2, 0) is 13.0 Å². The minimum absolute atomic E-state index is 0.0380. The maximum atomic E-state index is 11.5. The summed E-state index contributed by atoms with van der Waals surface area (Å²) in [6.45, 7) is 0.0380. The highest BCUT2D eigenvalue weighted by molar-refractivity contribution is 7.80. The van der Waals surface area contributed by atoms with E-state index < -0.39 is 11.9 Å². The first-order valence-electron chi connectivity index (χ1n) is 7.14. The smallest absolute Gasteiger partial charge is 0.339 e. The first kappa shape index (κ1) is 17.9. The monoisotopic (exact) mass is 342 g/mol. The summed E-state index contributed by atoms with van der Waals surface area (Å²) in [5.41, 5.74) is 1.68. The van der Waals surface area contributed by atoms with Gasteiger partial charge < -0.3 is 14.9 Å². The van der Waals surface area contributed by atoms with Crippen molar-refractivity contribution >= 4 is 37.9 Å². The van der Waals surface area contributed by atoms with Crippen LogP contribution in [-0.4, -0.2) is 35.8 Å². The Bertz CT molecular complexity index is 776. The number of aromatic carboxylic acids is 2. The number of aryl methyl sites for hydroxylation is 1. The molecule has 0 saturated carbocycles.